The van der Waals surface area contributed by atoms with E-state index < -0.39 is 0 Å². The SMILES string of the molecule is O=C1OCCc2c1cccc2-c1cnco1. The van der Waals surface area contributed by atoms with Crippen LogP contribution in [0.2, 0.25) is 0 Å². The summed E-state index contributed by atoms with van der Waals surface area (Å²) in [7, 11) is 0. The van der Waals surface area contributed by atoms with Gasteiger partial charge in [0, 0.05) is 12.0 Å². The van der Waals surface area contributed by atoms with Crippen LogP contribution in [0.25, 0.3) is 11.3 Å². The van der Waals surface area contributed by atoms with Gasteiger partial charge in [-0.2, -0.15) is 0 Å². The van der Waals surface area contributed by atoms with E-state index in [9.17, 15) is 4.79 Å². The molecule has 4 nitrogen and oxygen atoms in total. The van der Waals surface area contributed by atoms with Crippen molar-refractivity contribution in [1.82, 2.24) is 4.98 Å². The zero-order valence-electron chi connectivity index (χ0n) is 8.47. The van der Waals surface area contributed by atoms with Crippen LogP contribution in [0.4, 0.5) is 0 Å². The molecule has 0 spiro atoms. The smallest absolute Gasteiger partial charge is 0.338 e. The molecule has 0 fully saturated rings. The van der Waals surface area contributed by atoms with Crippen molar-refractivity contribution in [3.8, 4) is 11.3 Å². The number of cyclic esters (lactones) is 1. The Hall–Kier alpha value is -2.10. The topological polar surface area (TPSA) is 52.3 Å². The molecule has 2 heterocycles. The molecule has 0 bridgehead atoms. The zero-order valence-corrected chi connectivity index (χ0v) is 8.47. The van der Waals surface area contributed by atoms with Crippen LogP contribution in [-0.2, 0) is 11.2 Å². The fourth-order valence-electron chi connectivity index (χ4n) is 1.95. The van der Waals surface area contributed by atoms with E-state index in [1.54, 1.807) is 12.3 Å². The van der Waals surface area contributed by atoms with Gasteiger partial charge in [-0.05, 0) is 11.6 Å². The zero-order chi connectivity index (χ0) is 11.0. The van der Waals surface area contributed by atoms with E-state index in [0.717, 1.165) is 17.5 Å². The Bertz CT molecular complexity index is 531. The molecule has 80 valence electrons. The van der Waals surface area contributed by atoms with E-state index in [0.29, 0.717) is 17.9 Å². The standard InChI is InChI=1S/C12H9NO3/c14-12-10-3-1-2-9(8(10)4-5-15-12)11-6-13-7-16-11/h1-3,6-7H,4-5H2. The third-order valence-electron chi connectivity index (χ3n) is 2.68. The van der Waals surface area contributed by atoms with Crippen LogP contribution in [0, 0.1) is 0 Å². The van der Waals surface area contributed by atoms with Gasteiger partial charge in [0.15, 0.2) is 12.2 Å². The molecule has 0 aliphatic carbocycles. The number of nitrogens with zero attached hydrogens (tertiary/aromatic N) is 1. The average Bonchev–Trinajstić information content (AvgIpc) is 2.82. The monoisotopic (exact) mass is 215 g/mol. The lowest BCUT2D eigenvalue weighted by Gasteiger charge is -2.17. The van der Waals surface area contributed by atoms with Crippen molar-refractivity contribution in [3.05, 3.63) is 41.9 Å². The molecule has 0 saturated heterocycles. The number of oxazole rings is 1. The fraction of sp³-hybridized carbons (Fsp3) is 0.167. The van der Waals surface area contributed by atoms with Gasteiger partial charge in [-0.15, -0.1) is 0 Å². The molecule has 1 aliphatic heterocycles. The van der Waals surface area contributed by atoms with Gasteiger partial charge in [0.05, 0.1) is 18.4 Å². The van der Waals surface area contributed by atoms with Crippen molar-refractivity contribution < 1.29 is 13.9 Å². The van der Waals surface area contributed by atoms with Crippen LogP contribution in [0.15, 0.2) is 35.2 Å². The summed E-state index contributed by atoms with van der Waals surface area (Å²) in [6, 6.07) is 5.53. The summed E-state index contributed by atoms with van der Waals surface area (Å²) in [5.41, 5.74) is 2.53. The van der Waals surface area contributed by atoms with Crippen LogP contribution < -0.4 is 0 Å². The molecule has 0 N–H and O–H groups in total. The van der Waals surface area contributed by atoms with Gasteiger partial charge in [0.2, 0.25) is 0 Å². The number of carbonyl (C=O) groups excluding carboxylic acids is 1. The number of hydrogen-bond donors (Lipinski definition) is 0. The van der Waals surface area contributed by atoms with E-state index in [1.807, 2.05) is 12.1 Å². The number of rotatable bonds is 1. The lowest BCUT2D eigenvalue weighted by Crippen LogP contribution is -2.18. The van der Waals surface area contributed by atoms with Crippen LogP contribution >= 0.6 is 0 Å². The predicted molar refractivity (Wildman–Crippen MR) is 55.9 cm³/mol. The number of carbonyl (C=O) groups is 1. The summed E-state index contributed by atoms with van der Waals surface area (Å²) in [4.78, 5) is 15.4. The molecular formula is C12H9NO3. The van der Waals surface area contributed by atoms with E-state index in [-0.39, 0.29) is 5.97 Å². The third-order valence-corrected chi connectivity index (χ3v) is 2.68. The maximum absolute atomic E-state index is 11.5. The second-order valence-corrected chi connectivity index (χ2v) is 3.58. The Morgan fingerprint density at radius 1 is 1.25 bits per heavy atom. The predicted octanol–water partition coefficient (Wildman–Crippen LogP) is 2.05. The lowest BCUT2D eigenvalue weighted by atomic mass is 9.96. The maximum Gasteiger partial charge on any atom is 0.338 e. The largest absolute Gasteiger partial charge is 0.462 e. The van der Waals surface area contributed by atoms with Crippen molar-refractivity contribution in [3.63, 3.8) is 0 Å². The van der Waals surface area contributed by atoms with E-state index >= 15 is 0 Å². The Labute approximate surface area is 91.9 Å². The molecule has 1 aromatic heterocycles. The highest BCUT2D eigenvalue weighted by molar-refractivity contribution is 5.94. The third kappa shape index (κ3) is 1.31. The highest BCUT2D eigenvalue weighted by Gasteiger charge is 2.22. The molecule has 4 heteroatoms. The highest BCUT2D eigenvalue weighted by atomic mass is 16.5. The van der Waals surface area contributed by atoms with Gasteiger partial charge >= 0.3 is 5.97 Å². The number of hydrogen-bond acceptors (Lipinski definition) is 4. The number of benzene rings is 1. The van der Waals surface area contributed by atoms with E-state index in [1.165, 1.54) is 6.39 Å². The summed E-state index contributed by atoms with van der Waals surface area (Å²) in [5.74, 6) is 0.425. The Balaban J connectivity index is 2.20. The summed E-state index contributed by atoms with van der Waals surface area (Å²) in [6.07, 6.45) is 3.75. The van der Waals surface area contributed by atoms with Gasteiger partial charge in [0.1, 0.15) is 0 Å². The second kappa shape index (κ2) is 3.48. The van der Waals surface area contributed by atoms with Gasteiger partial charge in [-0.25, -0.2) is 9.78 Å². The van der Waals surface area contributed by atoms with Gasteiger partial charge in [0.25, 0.3) is 0 Å². The summed E-state index contributed by atoms with van der Waals surface area (Å²) in [5, 5.41) is 0. The minimum Gasteiger partial charge on any atom is -0.462 e. The van der Waals surface area contributed by atoms with Crippen LogP contribution in [-0.4, -0.2) is 17.6 Å². The quantitative estimate of drug-likeness (QED) is 0.683. The Morgan fingerprint density at radius 3 is 2.94 bits per heavy atom. The summed E-state index contributed by atoms with van der Waals surface area (Å²) in [6.45, 7) is 0.428. The first kappa shape index (κ1) is 9.15. The summed E-state index contributed by atoms with van der Waals surface area (Å²) < 4.78 is 10.2. The van der Waals surface area contributed by atoms with Crippen LogP contribution in [0.3, 0.4) is 0 Å². The van der Waals surface area contributed by atoms with E-state index in [2.05, 4.69) is 4.98 Å². The number of esters is 1. The molecule has 0 atom stereocenters. The molecule has 1 aliphatic rings. The Kier molecular flexibility index (Phi) is 1.99. The van der Waals surface area contributed by atoms with Crippen LogP contribution in [0.5, 0.6) is 0 Å². The van der Waals surface area contributed by atoms with E-state index in [4.69, 9.17) is 9.15 Å². The molecule has 0 amide bonds. The minimum atomic E-state index is -0.261. The molecule has 0 saturated carbocycles. The first-order valence-corrected chi connectivity index (χ1v) is 5.04. The molecule has 1 aromatic carbocycles. The second-order valence-electron chi connectivity index (χ2n) is 3.58. The molecule has 16 heavy (non-hydrogen) atoms. The van der Waals surface area contributed by atoms with Gasteiger partial charge < -0.3 is 9.15 Å². The van der Waals surface area contributed by atoms with Crippen molar-refractivity contribution in [2.24, 2.45) is 0 Å². The number of fused-ring (bicyclic) bond motifs is 1. The number of ether oxygens (including phenoxy) is 1. The molecule has 2 aromatic rings. The van der Waals surface area contributed by atoms with Gasteiger partial charge in [-0.3, -0.25) is 0 Å². The number of aromatic nitrogens is 1. The summed E-state index contributed by atoms with van der Waals surface area (Å²) >= 11 is 0. The molecule has 0 radical (unpaired) electrons. The fourth-order valence-corrected chi connectivity index (χ4v) is 1.95. The van der Waals surface area contributed by atoms with Crippen molar-refractivity contribution in [1.29, 1.82) is 0 Å². The first-order chi connectivity index (χ1) is 7.86. The molecular weight excluding hydrogens is 206 g/mol. The molecule has 3 rings (SSSR count). The van der Waals surface area contributed by atoms with Crippen molar-refractivity contribution >= 4 is 5.97 Å². The van der Waals surface area contributed by atoms with Gasteiger partial charge in [-0.1, -0.05) is 12.1 Å². The maximum atomic E-state index is 11.5. The average molecular weight is 215 g/mol. The normalized spacial score (nSPS) is 14.4. The van der Waals surface area contributed by atoms with Crippen molar-refractivity contribution in [2.75, 3.05) is 6.61 Å². The van der Waals surface area contributed by atoms with Crippen LogP contribution in [0.1, 0.15) is 15.9 Å². The Morgan fingerprint density at radius 2 is 2.12 bits per heavy atom. The minimum absolute atomic E-state index is 0.261. The lowest BCUT2D eigenvalue weighted by molar-refractivity contribution is 0.0480. The van der Waals surface area contributed by atoms with Crippen molar-refractivity contribution in [2.45, 2.75) is 6.42 Å². The highest BCUT2D eigenvalue weighted by Crippen LogP contribution is 2.29. The first-order valence-electron chi connectivity index (χ1n) is 5.04. The molecule has 0 unspecified atom stereocenters.